The molecule has 28 heavy (non-hydrogen) atoms. The number of rotatable bonds is 9. The van der Waals surface area contributed by atoms with Gasteiger partial charge >= 0.3 is 0 Å². The van der Waals surface area contributed by atoms with Crippen LogP contribution in [0, 0.1) is 0 Å². The summed E-state index contributed by atoms with van der Waals surface area (Å²) in [7, 11) is 0. The van der Waals surface area contributed by atoms with Gasteiger partial charge in [-0.15, -0.1) is 10.2 Å². The van der Waals surface area contributed by atoms with Gasteiger partial charge in [-0.1, -0.05) is 61.4 Å². The molecule has 1 aromatic carbocycles. The van der Waals surface area contributed by atoms with Crippen LogP contribution in [0.2, 0.25) is 0 Å². The Morgan fingerprint density at radius 2 is 1.96 bits per heavy atom. The first-order chi connectivity index (χ1) is 13.7. The minimum atomic E-state index is -0.226. The number of amides is 2. The van der Waals surface area contributed by atoms with E-state index < -0.39 is 0 Å². The van der Waals surface area contributed by atoms with Crippen molar-refractivity contribution in [1.82, 2.24) is 15.2 Å². The summed E-state index contributed by atoms with van der Waals surface area (Å²) in [5.74, 6) is -0.366. The molecule has 0 fully saturated rings. The van der Waals surface area contributed by atoms with Gasteiger partial charge in [-0.2, -0.15) is 5.10 Å². The van der Waals surface area contributed by atoms with Crippen LogP contribution < -0.4 is 5.32 Å². The molecule has 0 aliphatic carbocycles. The maximum absolute atomic E-state index is 12.3. The van der Waals surface area contributed by atoms with Crippen molar-refractivity contribution in [2.45, 2.75) is 51.9 Å². The second kappa shape index (κ2) is 10.1. The molecule has 0 spiro atoms. The topological polar surface area (TPSA) is 87.5 Å². The molecule has 2 amide bonds. The fourth-order valence-electron chi connectivity index (χ4n) is 2.93. The molecule has 0 saturated carbocycles. The number of carbonyl (C=O) groups is 2. The number of unbranched alkanes of at least 4 members (excludes halogenated alkanes) is 2. The lowest BCUT2D eigenvalue weighted by molar-refractivity contribution is -0.132. The third kappa shape index (κ3) is 5.69. The Morgan fingerprint density at radius 3 is 2.75 bits per heavy atom. The molecular formula is C20H25N5O2S. The Kier molecular flexibility index (Phi) is 7.25. The highest BCUT2D eigenvalue weighted by Crippen LogP contribution is 2.18. The monoisotopic (exact) mass is 399 g/mol. The molecule has 1 aliphatic heterocycles. The van der Waals surface area contributed by atoms with E-state index in [1.165, 1.54) is 16.3 Å². The Bertz CT molecular complexity index is 834. The van der Waals surface area contributed by atoms with Crippen LogP contribution in [0.1, 0.15) is 56.0 Å². The number of hydrogen-bond donors (Lipinski definition) is 1. The van der Waals surface area contributed by atoms with Crippen molar-refractivity contribution in [3.05, 3.63) is 40.9 Å². The van der Waals surface area contributed by atoms with E-state index >= 15 is 0 Å². The lowest BCUT2D eigenvalue weighted by Gasteiger charge is -2.10. The smallest absolute Gasteiger partial charge is 0.243 e. The summed E-state index contributed by atoms with van der Waals surface area (Å²) < 4.78 is 0. The summed E-state index contributed by atoms with van der Waals surface area (Å²) in [5, 5.41) is 18.1. The zero-order valence-corrected chi connectivity index (χ0v) is 16.9. The second-order valence-electron chi connectivity index (χ2n) is 6.69. The first-order valence-corrected chi connectivity index (χ1v) is 10.5. The molecule has 0 saturated heterocycles. The molecule has 8 heteroatoms. The van der Waals surface area contributed by atoms with E-state index in [-0.39, 0.29) is 24.7 Å². The standard InChI is InChI=1S/C20H25N5O2S/c1-2-3-5-10-18-22-23-20(28-18)21-17(26)11-12-19(27)25-14-13-16(24-25)15-8-6-4-7-9-15/h4,6-9H,2-3,5,10-14H2,1H3,(H,21,23,26). The van der Waals surface area contributed by atoms with E-state index in [2.05, 4.69) is 27.5 Å². The molecule has 0 unspecified atom stereocenters. The van der Waals surface area contributed by atoms with E-state index in [0.29, 0.717) is 11.7 Å². The third-order valence-corrected chi connectivity index (χ3v) is 5.37. The number of benzene rings is 1. The van der Waals surface area contributed by atoms with Crippen molar-refractivity contribution in [3.63, 3.8) is 0 Å². The summed E-state index contributed by atoms with van der Waals surface area (Å²) in [6, 6.07) is 9.83. The van der Waals surface area contributed by atoms with E-state index in [1.54, 1.807) is 0 Å². The van der Waals surface area contributed by atoms with Gasteiger partial charge in [-0.25, -0.2) is 5.01 Å². The highest BCUT2D eigenvalue weighted by atomic mass is 32.1. The predicted molar refractivity (Wildman–Crippen MR) is 110 cm³/mol. The number of aryl methyl sites for hydroxylation is 1. The van der Waals surface area contributed by atoms with Crippen molar-refractivity contribution in [2.24, 2.45) is 5.10 Å². The molecule has 2 aromatic rings. The van der Waals surface area contributed by atoms with Gasteiger partial charge in [0.15, 0.2) is 0 Å². The van der Waals surface area contributed by atoms with E-state index in [0.717, 1.165) is 48.4 Å². The van der Waals surface area contributed by atoms with Gasteiger partial charge in [0, 0.05) is 25.7 Å². The minimum absolute atomic E-state index is 0.107. The zero-order chi connectivity index (χ0) is 19.8. The summed E-state index contributed by atoms with van der Waals surface area (Å²) in [5.41, 5.74) is 1.93. The van der Waals surface area contributed by atoms with Gasteiger partial charge in [-0.3, -0.25) is 9.59 Å². The maximum atomic E-state index is 12.3. The third-order valence-electron chi connectivity index (χ3n) is 4.47. The van der Waals surface area contributed by atoms with Crippen LogP contribution in [0.5, 0.6) is 0 Å². The van der Waals surface area contributed by atoms with Gasteiger partial charge in [-0.05, 0) is 12.0 Å². The van der Waals surface area contributed by atoms with Gasteiger partial charge in [0.1, 0.15) is 5.01 Å². The van der Waals surface area contributed by atoms with Crippen molar-refractivity contribution in [3.8, 4) is 0 Å². The zero-order valence-electron chi connectivity index (χ0n) is 16.1. The summed E-state index contributed by atoms with van der Waals surface area (Å²) in [4.78, 5) is 24.5. The van der Waals surface area contributed by atoms with E-state index in [4.69, 9.17) is 0 Å². The molecule has 2 heterocycles. The highest BCUT2D eigenvalue weighted by molar-refractivity contribution is 7.15. The van der Waals surface area contributed by atoms with Crippen molar-refractivity contribution >= 4 is 34.0 Å². The largest absolute Gasteiger partial charge is 0.301 e. The first-order valence-electron chi connectivity index (χ1n) is 9.71. The van der Waals surface area contributed by atoms with Crippen LogP contribution in [0.15, 0.2) is 35.4 Å². The van der Waals surface area contributed by atoms with Crippen molar-refractivity contribution in [1.29, 1.82) is 0 Å². The number of nitrogens with one attached hydrogen (secondary N) is 1. The molecule has 0 bridgehead atoms. The number of aromatic nitrogens is 2. The van der Waals surface area contributed by atoms with Crippen LogP contribution in [0.3, 0.4) is 0 Å². The van der Waals surface area contributed by atoms with Gasteiger partial charge < -0.3 is 5.32 Å². The van der Waals surface area contributed by atoms with Crippen LogP contribution in [0.4, 0.5) is 5.13 Å². The fraction of sp³-hybridized carbons (Fsp3) is 0.450. The summed E-state index contributed by atoms with van der Waals surface area (Å²) in [6.07, 6.45) is 5.24. The number of hydrogen-bond acceptors (Lipinski definition) is 6. The molecule has 3 rings (SSSR count). The highest BCUT2D eigenvalue weighted by Gasteiger charge is 2.22. The Hall–Kier alpha value is -2.61. The van der Waals surface area contributed by atoms with Crippen molar-refractivity contribution in [2.75, 3.05) is 11.9 Å². The number of anilines is 1. The van der Waals surface area contributed by atoms with Crippen LogP contribution in [-0.4, -0.2) is 39.3 Å². The quantitative estimate of drug-likeness (QED) is 0.652. The molecule has 148 valence electrons. The maximum Gasteiger partial charge on any atom is 0.243 e. The number of nitrogens with zero attached hydrogens (tertiary/aromatic N) is 4. The van der Waals surface area contributed by atoms with Crippen LogP contribution >= 0.6 is 11.3 Å². The average molecular weight is 400 g/mol. The van der Waals surface area contributed by atoms with E-state index in [1.807, 2.05) is 30.3 Å². The molecule has 7 nitrogen and oxygen atoms in total. The normalized spacial score (nSPS) is 13.5. The lowest BCUT2D eigenvalue weighted by atomic mass is 10.1. The van der Waals surface area contributed by atoms with Gasteiger partial charge in [0.25, 0.3) is 0 Å². The molecule has 0 radical (unpaired) electrons. The lowest BCUT2D eigenvalue weighted by Crippen LogP contribution is -2.24. The molecule has 1 aliphatic rings. The molecule has 1 N–H and O–H groups in total. The predicted octanol–water partition coefficient (Wildman–Crippen LogP) is 3.63. The van der Waals surface area contributed by atoms with Crippen LogP contribution in [0.25, 0.3) is 0 Å². The summed E-state index contributed by atoms with van der Waals surface area (Å²) in [6.45, 7) is 2.71. The summed E-state index contributed by atoms with van der Waals surface area (Å²) >= 11 is 1.40. The number of hydrazone groups is 1. The molecule has 0 atom stereocenters. The average Bonchev–Trinajstić information content (AvgIpc) is 3.37. The first kappa shape index (κ1) is 20.1. The Balaban J connectivity index is 1.43. The SMILES string of the molecule is CCCCCc1nnc(NC(=O)CCC(=O)N2CCC(c3ccccc3)=N2)s1. The minimum Gasteiger partial charge on any atom is -0.301 e. The van der Waals surface area contributed by atoms with Crippen LogP contribution in [-0.2, 0) is 16.0 Å². The van der Waals surface area contributed by atoms with Crippen molar-refractivity contribution < 1.29 is 9.59 Å². The Morgan fingerprint density at radius 1 is 1.14 bits per heavy atom. The van der Waals surface area contributed by atoms with E-state index in [9.17, 15) is 9.59 Å². The fourth-order valence-corrected chi connectivity index (χ4v) is 3.73. The molecule has 1 aromatic heterocycles. The second-order valence-corrected chi connectivity index (χ2v) is 7.75. The Labute approximate surface area is 168 Å². The van der Waals surface area contributed by atoms with Gasteiger partial charge in [0.2, 0.25) is 16.9 Å². The number of carbonyl (C=O) groups excluding carboxylic acids is 2. The van der Waals surface area contributed by atoms with Gasteiger partial charge in [0.05, 0.1) is 12.3 Å². The molecular weight excluding hydrogens is 374 g/mol.